The van der Waals surface area contributed by atoms with Crippen LogP contribution in [0.25, 0.3) is 0 Å². The first-order valence-electron chi connectivity index (χ1n) is 3.54. The average molecular weight is 157 g/mol. The molecule has 58 valence electrons. The molecule has 0 saturated carbocycles. The molecule has 0 aliphatic carbocycles. The quantitative estimate of drug-likeness (QED) is 0.648. The highest BCUT2D eigenvalue weighted by Gasteiger charge is 1.95. The molecule has 0 aliphatic heterocycles. The van der Waals surface area contributed by atoms with Crippen LogP contribution < -0.4 is 0 Å². The Labute approximate surface area is 70.9 Å². The molecule has 0 bridgehead atoms. The number of hydrogen-bond acceptors (Lipinski definition) is 3. The molecular weight excluding hydrogens is 150 g/mol. The lowest BCUT2D eigenvalue weighted by Crippen LogP contribution is -1.90. The third-order valence-corrected chi connectivity index (χ3v) is 1.42. The van der Waals surface area contributed by atoms with Gasteiger partial charge in [-0.05, 0) is 17.7 Å². The zero-order valence-corrected chi connectivity index (χ0v) is 6.49. The van der Waals surface area contributed by atoms with Crippen molar-refractivity contribution >= 4 is 0 Å². The van der Waals surface area contributed by atoms with Gasteiger partial charge in [-0.25, -0.2) is 0 Å². The molecule has 1 rings (SSSR count). The smallest absolute Gasteiger partial charge is 0.0774 e. The fraction of sp³-hybridized carbons (Fsp3) is 0.222. The van der Waals surface area contributed by atoms with Crippen molar-refractivity contribution in [2.24, 2.45) is 0 Å². The Kier molecular flexibility index (Phi) is 2.81. The van der Waals surface area contributed by atoms with Gasteiger partial charge >= 0.3 is 0 Å². The Balaban J connectivity index is 2.84. The van der Waals surface area contributed by atoms with E-state index in [1.807, 2.05) is 12.1 Å². The summed E-state index contributed by atoms with van der Waals surface area (Å²) in [5, 5.41) is 16.8. The van der Waals surface area contributed by atoms with Crippen LogP contribution in [0.15, 0.2) is 18.3 Å². The Morgan fingerprint density at radius 2 is 2.00 bits per heavy atom. The third kappa shape index (κ3) is 2.07. The van der Waals surface area contributed by atoms with Gasteiger partial charge < -0.3 is 0 Å². The first-order valence-corrected chi connectivity index (χ1v) is 3.54. The molecule has 0 atom stereocenters. The molecule has 0 spiro atoms. The largest absolute Gasteiger partial charge is 0.260 e. The van der Waals surface area contributed by atoms with Gasteiger partial charge in [0.15, 0.2) is 0 Å². The zero-order valence-electron chi connectivity index (χ0n) is 6.49. The predicted octanol–water partition coefficient (Wildman–Crippen LogP) is 1.21. The van der Waals surface area contributed by atoms with Gasteiger partial charge in [-0.15, -0.1) is 0 Å². The number of pyridine rings is 1. The van der Waals surface area contributed by atoms with Crippen molar-refractivity contribution < 1.29 is 0 Å². The molecule has 0 saturated heterocycles. The van der Waals surface area contributed by atoms with Gasteiger partial charge in [0.05, 0.1) is 30.7 Å². The maximum absolute atomic E-state index is 8.41. The van der Waals surface area contributed by atoms with E-state index >= 15 is 0 Å². The monoisotopic (exact) mass is 157 g/mol. The molecule has 1 heterocycles. The van der Waals surface area contributed by atoms with Gasteiger partial charge in [0.25, 0.3) is 0 Å². The molecule has 1 aromatic rings. The van der Waals surface area contributed by atoms with Gasteiger partial charge in [0, 0.05) is 6.20 Å². The van der Waals surface area contributed by atoms with Gasteiger partial charge in [-0.3, -0.25) is 4.98 Å². The van der Waals surface area contributed by atoms with E-state index in [9.17, 15) is 0 Å². The Morgan fingerprint density at radius 3 is 2.67 bits per heavy atom. The highest BCUT2D eigenvalue weighted by atomic mass is 14.7. The van der Waals surface area contributed by atoms with Crippen LogP contribution in [0, 0.1) is 22.7 Å². The van der Waals surface area contributed by atoms with E-state index in [1.165, 1.54) is 0 Å². The Hall–Kier alpha value is -1.87. The SMILES string of the molecule is N#CCc1ccnc(CC#N)c1. The summed E-state index contributed by atoms with van der Waals surface area (Å²) in [6.07, 6.45) is 2.31. The third-order valence-electron chi connectivity index (χ3n) is 1.42. The van der Waals surface area contributed by atoms with E-state index in [2.05, 4.69) is 4.98 Å². The number of hydrogen-bond donors (Lipinski definition) is 0. The van der Waals surface area contributed by atoms with Crippen molar-refractivity contribution in [3.05, 3.63) is 29.6 Å². The zero-order chi connectivity index (χ0) is 8.81. The van der Waals surface area contributed by atoms with E-state index in [0.717, 1.165) is 11.3 Å². The van der Waals surface area contributed by atoms with Crippen molar-refractivity contribution in [2.45, 2.75) is 12.8 Å². The van der Waals surface area contributed by atoms with Crippen molar-refractivity contribution in [2.75, 3.05) is 0 Å². The molecule has 0 amide bonds. The van der Waals surface area contributed by atoms with E-state index in [1.54, 1.807) is 18.3 Å². The molecule has 0 aromatic carbocycles. The first-order chi connectivity index (χ1) is 5.86. The second kappa shape index (κ2) is 4.10. The fourth-order valence-electron chi connectivity index (χ4n) is 0.907. The molecule has 3 nitrogen and oxygen atoms in total. The van der Waals surface area contributed by atoms with Crippen molar-refractivity contribution in [1.82, 2.24) is 4.98 Å². The second-order valence-electron chi connectivity index (χ2n) is 2.33. The van der Waals surface area contributed by atoms with Crippen LogP contribution in [0.3, 0.4) is 0 Å². The summed E-state index contributed by atoms with van der Waals surface area (Å²) in [4.78, 5) is 3.98. The molecular formula is C9H7N3. The number of rotatable bonds is 2. The van der Waals surface area contributed by atoms with Crippen LogP contribution >= 0.6 is 0 Å². The van der Waals surface area contributed by atoms with Crippen LogP contribution in [-0.4, -0.2) is 4.98 Å². The number of aromatic nitrogens is 1. The van der Waals surface area contributed by atoms with Crippen LogP contribution in [0.4, 0.5) is 0 Å². The minimum Gasteiger partial charge on any atom is -0.260 e. The highest BCUT2D eigenvalue weighted by Crippen LogP contribution is 2.02. The molecule has 12 heavy (non-hydrogen) atoms. The van der Waals surface area contributed by atoms with Crippen LogP contribution in [-0.2, 0) is 12.8 Å². The lowest BCUT2D eigenvalue weighted by molar-refractivity contribution is 1.09. The van der Waals surface area contributed by atoms with Gasteiger partial charge in [0.2, 0.25) is 0 Å². The van der Waals surface area contributed by atoms with Gasteiger partial charge in [-0.2, -0.15) is 10.5 Å². The predicted molar refractivity (Wildman–Crippen MR) is 42.9 cm³/mol. The second-order valence-corrected chi connectivity index (χ2v) is 2.33. The Morgan fingerprint density at radius 1 is 1.25 bits per heavy atom. The lowest BCUT2D eigenvalue weighted by atomic mass is 10.1. The van der Waals surface area contributed by atoms with Crippen LogP contribution in [0.2, 0.25) is 0 Å². The van der Waals surface area contributed by atoms with E-state index in [0.29, 0.717) is 12.8 Å². The summed E-state index contributed by atoms with van der Waals surface area (Å²) < 4.78 is 0. The topological polar surface area (TPSA) is 60.5 Å². The molecule has 0 unspecified atom stereocenters. The normalized spacial score (nSPS) is 8.50. The van der Waals surface area contributed by atoms with Gasteiger partial charge in [0.1, 0.15) is 0 Å². The molecule has 0 radical (unpaired) electrons. The number of nitriles is 2. The summed E-state index contributed by atoms with van der Waals surface area (Å²) in [7, 11) is 0. The molecule has 0 aliphatic rings. The van der Waals surface area contributed by atoms with E-state index in [4.69, 9.17) is 10.5 Å². The molecule has 0 N–H and O–H groups in total. The fourth-order valence-corrected chi connectivity index (χ4v) is 0.907. The average Bonchev–Trinajstić information content (AvgIpc) is 2.06. The van der Waals surface area contributed by atoms with Crippen molar-refractivity contribution in [3.63, 3.8) is 0 Å². The Bertz CT molecular complexity index is 312. The summed E-state index contributed by atoms with van der Waals surface area (Å²) in [5.41, 5.74) is 1.64. The number of nitrogens with zero attached hydrogens (tertiary/aromatic N) is 3. The minimum absolute atomic E-state index is 0.305. The van der Waals surface area contributed by atoms with Crippen molar-refractivity contribution in [3.8, 4) is 12.1 Å². The maximum Gasteiger partial charge on any atom is 0.0774 e. The minimum atomic E-state index is 0.305. The standard InChI is InChI=1S/C9H7N3/c10-4-1-8-3-6-12-9(7-8)2-5-11/h3,6-7H,1-2H2. The van der Waals surface area contributed by atoms with Crippen LogP contribution in [0.1, 0.15) is 11.3 Å². The van der Waals surface area contributed by atoms with Crippen LogP contribution in [0.5, 0.6) is 0 Å². The lowest BCUT2D eigenvalue weighted by Gasteiger charge is -1.95. The van der Waals surface area contributed by atoms with Crippen molar-refractivity contribution in [1.29, 1.82) is 10.5 Å². The first kappa shape index (κ1) is 8.23. The summed E-state index contributed by atoms with van der Waals surface area (Å²) in [6.45, 7) is 0. The van der Waals surface area contributed by atoms with E-state index in [-0.39, 0.29) is 0 Å². The van der Waals surface area contributed by atoms with Gasteiger partial charge in [-0.1, -0.05) is 0 Å². The maximum atomic E-state index is 8.41. The summed E-state index contributed by atoms with van der Waals surface area (Å²) >= 11 is 0. The molecule has 0 fully saturated rings. The highest BCUT2D eigenvalue weighted by molar-refractivity contribution is 5.20. The van der Waals surface area contributed by atoms with E-state index < -0.39 is 0 Å². The summed E-state index contributed by atoms with van der Waals surface area (Å²) in [6, 6.07) is 7.62. The molecule has 1 aromatic heterocycles. The molecule has 3 heteroatoms. The summed E-state index contributed by atoms with van der Waals surface area (Å²) in [5.74, 6) is 0.